The van der Waals surface area contributed by atoms with Gasteiger partial charge in [-0.1, -0.05) is 0 Å². The number of esters is 1. The minimum absolute atomic E-state index is 0.323. The maximum Gasteiger partial charge on any atom is 0.354 e. The van der Waals surface area contributed by atoms with Gasteiger partial charge in [-0.2, -0.15) is 11.8 Å². The number of hydrogen-bond donors (Lipinski definition) is 2. The first-order valence-electron chi connectivity index (χ1n) is 5.73. The number of aromatic amines is 1. The van der Waals surface area contributed by atoms with Gasteiger partial charge in [0, 0.05) is 12.2 Å². The Labute approximate surface area is 107 Å². The average molecular weight is 256 g/mol. The third-order valence-corrected chi connectivity index (χ3v) is 3.12. The highest BCUT2D eigenvalue weighted by Crippen LogP contribution is 2.03. The molecule has 0 radical (unpaired) electrons. The maximum absolute atomic E-state index is 11.2. The Hall–Kier alpha value is -0.940. The minimum Gasteiger partial charge on any atom is -0.464 e. The van der Waals surface area contributed by atoms with Gasteiger partial charge in [-0.15, -0.1) is 0 Å². The fourth-order valence-electron chi connectivity index (χ4n) is 1.49. The molecule has 1 aromatic heterocycles. The summed E-state index contributed by atoms with van der Waals surface area (Å²) in [5.74, 6) is 0.896. The van der Waals surface area contributed by atoms with E-state index in [4.69, 9.17) is 0 Å². The SMILES string of the molecule is COC(=O)c1ccc(CNCCCCSC)[nH]1. The van der Waals surface area contributed by atoms with E-state index < -0.39 is 0 Å². The second kappa shape index (κ2) is 8.20. The lowest BCUT2D eigenvalue weighted by molar-refractivity contribution is 0.0594. The van der Waals surface area contributed by atoms with Crippen LogP contribution >= 0.6 is 11.8 Å². The Morgan fingerprint density at radius 1 is 1.47 bits per heavy atom. The van der Waals surface area contributed by atoms with Crippen molar-refractivity contribution in [1.82, 2.24) is 10.3 Å². The minimum atomic E-state index is -0.323. The van der Waals surface area contributed by atoms with Gasteiger partial charge < -0.3 is 15.0 Å². The van der Waals surface area contributed by atoms with E-state index in [-0.39, 0.29) is 5.97 Å². The van der Waals surface area contributed by atoms with Gasteiger partial charge in [0.15, 0.2) is 0 Å². The molecule has 0 aromatic carbocycles. The van der Waals surface area contributed by atoms with Crippen LogP contribution < -0.4 is 5.32 Å². The zero-order valence-electron chi connectivity index (χ0n) is 10.4. The summed E-state index contributed by atoms with van der Waals surface area (Å²) in [5, 5.41) is 3.34. The Balaban J connectivity index is 2.19. The number of H-pyrrole nitrogens is 1. The average Bonchev–Trinajstić information content (AvgIpc) is 2.81. The molecule has 0 aliphatic heterocycles. The Morgan fingerprint density at radius 2 is 2.29 bits per heavy atom. The van der Waals surface area contributed by atoms with Crippen LogP contribution in [0.15, 0.2) is 12.1 Å². The molecule has 5 heteroatoms. The van der Waals surface area contributed by atoms with Crippen molar-refractivity contribution >= 4 is 17.7 Å². The lowest BCUT2D eigenvalue weighted by Gasteiger charge is -2.02. The van der Waals surface area contributed by atoms with Crippen molar-refractivity contribution in [2.24, 2.45) is 0 Å². The van der Waals surface area contributed by atoms with E-state index in [9.17, 15) is 4.79 Å². The summed E-state index contributed by atoms with van der Waals surface area (Å²) < 4.78 is 4.63. The zero-order valence-corrected chi connectivity index (χ0v) is 11.2. The molecule has 1 rings (SSSR count). The highest BCUT2D eigenvalue weighted by molar-refractivity contribution is 7.98. The third-order valence-electron chi connectivity index (χ3n) is 2.42. The molecule has 0 aliphatic rings. The molecular formula is C12H20N2O2S. The monoisotopic (exact) mass is 256 g/mol. The van der Waals surface area contributed by atoms with E-state index in [0.717, 1.165) is 18.8 Å². The van der Waals surface area contributed by atoms with E-state index in [1.54, 1.807) is 6.07 Å². The number of thioether (sulfide) groups is 1. The summed E-state index contributed by atoms with van der Waals surface area (Å²) in [6, 6.07) is 3.65. The van der Waals surface area contributed by atoms with E-state index in [1.807, 2.05) is 17.8 Å². The first kappa shape index (κ1) is 14.1. The number of nitrogens with one attached hydrogen (secondary N) is 2. The van der Waals surface area contributed by atoms with Crippen LogP contribution in [-0.2, 0) is 11.3 Å². The molecular weight excluding hydrogens is 236 g/mol. The number of unbranched alkanes of at least 4 members (excludes halogenated alkanes) is 1. The summed E-state index contributed by atoms with van der Waals surface area (Å²) in [6.07, 6.45) is 4.55. The van der Waals surface area contributed by atoms with Crippen molar-refractivity contribution in [3.63, 3.8) is 0 Å². The second-order valence-corrected chi connectivity index (χ2v) is 4.75. The molecule has 2 N–H and O–H groups in total. The van der Waals surface area contributed by atoms with E-state index in [2.05, 4.69) is 21.3 Å². The van der Waals surface area contributed by atoms with Crippen LogP contribution in [0.5, 0.6) is 0 Å². The Morgan fingerprint density at radius 3 is 3.00 bits per heavy atom. The largest absolute Gasteiger partial charge is 0.464 e. The van der Waals surface area contributed by atoms with Crippen LogP contribution in [0.1, 0.15) is 29.0 Å². The number of carbonyl (C=O) groups is 1. The molecule has 0 amide bonds. The van der Waals surface area contributed by atoms with Gasteiger partial charge in [0.2, 0.25) is 0 Å². The molecule has 0 fully saturated rings. The van der Waals surface area contributed by atoms with Gasteiger partial charge in [-0.05, 0) is 43.5 Å². The first-order valence-corrected chi connectivity index (χ1v) is 7.13. The molecule has 0 unspecified atom stereocenters. The second-order valence-electron chi connectivity index (χ2n) is 3.77. The summed E-state index contributed by atoms with van der Waals surface area (Å²) >= 11 is 1.88. The Bertz CT molecular complexity index is 339. The molecule has 0 atom stereocenters. The van der Waals surface area contributed by atoms with Gasteiger partial charge in [0.05, 0.1) is 7.11 Å². The molecule has 1 heterocycles. The predicted molar refractivity (Wildman–Crippen MR) is 71.5 cm³/mol. The van der Waals surface area contributed by atoms with Crippen LogP contribution in [0.2, 0.25) is 0 Å². The lowest BCUT2D eigenvalue weighted by Crippen LogP contribution is -2.15. The fourth-order valence-corrected chi connectivity index (χ4v) is 1.98. The van der Waals surface area contributed by atoms with Crippen LogP contribution in [0.25, 0.3) is 0 Å². The lowest BCUT2D eigenvalue weighted by atomic mass is 10.3. The standard InChI is InChI=1S/C12H20N2O2S/c1-16-12(15)11-6-5-10(14-11)9-13-7-3-4-8-17-2/h5-6,13-14H,3-4,7-9H2,1-2H3. The highest BCUT2D eigenvalue weighted by Gasteiger charge is 2.07. The smallest absolute Gasteiger partial charge is 0.354 e. The number of carbonyl (C=O) groups excluding carboxylic acids is 1. The molecule has 0 aliphatic carbocycles. The number of methoxy groups -OCH3 is 1. The summed E-state index contributed by atoms with van der Waals surface area (Å²) in [7, 11) is 1.38. The van der Waals surface area contributed by atoms with Crippen LogP contribution in [-0.4, -0.2) is 36.6 Å². The van der Waals surface area contributed by atoms with Crippen LogP contribution in [0.4, 0.5) is 0 Å². The summed E-state index contributed by atoms with van der Waals surface area (Å²) in [4.78, 5) is 14.2. The molecule has 0 saturated heterocycles. The highest BCUT2D eigenvalue weighted by atomic mass is 32.2. The van der Waals surface area contributed by atoms with Crippen molar-refractivity contribution in [3.8, 4) is 0 Å². The molecule has 96 valence electrons. The molecule has 4 nitrogen and oxygen atoms in total. The van der Waals surface area contributed by atoms with Gasteiger partial charge in [0.25, 0.3) is 0 Å². The zero-order chi connectivity index (χ0) is 12.5. The number of rotatable bonds is 8. The normalized spacial score (nSPS) is 10.5. The van der Waals surface area contributed by atoms with Crippen molar-refractivity contribution in [2.75, 3.05) is 25.7 Å². The number of aromatic nitrogens is 1. The van der Waals surface area contributed by atoms with Gasteiger partial charge >= 0.3 is 5.97 Å². The number of ether oxygens (including phenoxy) is 1. The van der Waals surface area contributed by atoms with Gasteiger partial charge in [-0.3, -0.25) is 0 Å². The van der Waals surface area contributed by atoms with Crippen molar-refractivity contribution in [1.29, 1.82) is 0 Å². The van der Waals surface area contributed by atoms with Crippen LogP contribution in [0.3, 0.4) is 0 Å². The van der Waals surface area contributed by atoms with E-state index in [1.165, 1.54) is 25.7 Å². The van der Waals surface area contributed by atoms with Crippen LogP contribution in [0, 0.1) is 0 Å². The number of hydrogen-bond acceptors (Lipinski definition) is 4. The quantitative estimate of drug-likeness (QED) is 0.552. The fraction of sp³-hybridized carbons (Fsp3) is 0.583. The molecule has 0 spiro atoms. The van der Waals surface area contributed by atoms with Gasteiger partial charge in [0.1, 0.15) is 5.69 Å². The third kappa shape index (κ3) is 5.28. The predicted octanol–water partition coefficient (Wildman–Crippen LogP) is 2.03. The molecule has 0 bridgehead atoms. The Kier molecular flexibility index (Phi) is 6.81. The van der Waals surface area contributed by atoms with Crippen molar-refractivity contribution in [2.45, 2.75) is 19.4 Å². The van der Waals surface area contributed by atoms with E-state index >= 15 is 0 Å². The van der Waals surface area contributed by atoms with Crippen molar-refractivity contribution < 1.29 is 9.53 Å². The topological polar surface area (TPSA) is 54.1 Å². The molecule has 17 heavy (non-hydrogen) atoms. The molecule has 0 saturated carbocycles. The summed E-state index contributed by atoms with van der Waals surface area (Å²) in [5.41, 5.74) is 1.52. The van der Waals surface area contributed by atoms with Gasteiger partial charge in [-0.25, -0.2) is 4.79 Å². The molecule has 1 aromatic rings. The maximum atomic E-state index is 11.2. The first-order chi connectivity index (χ1) is 8.27. The summed E-state index contributed by atoms with van der Waals surface area (Å²) in [6.45, 7) is 1.77. The van der Waals surface area contributed by atoms with E-state index in [0.29, 0.717) is 5.69 Å². The van der Waals surface area contributed by atoms with Crippen molar-refractivity contribution in [3.05, 3.63) is 23.5 Å².